The van der Waals surface area contributed by atoms with Gasteiger partial charge in [-0.15, -0.1) is 10.2 Å². The van der Waals surface area contributed by atoms with Crippen LogP contribution in [0.15, 0.2) is 59.8 Å². The van der Waals surface area contributed by atoms with Gasteiger partial charge >= 0.3 is 5.97 Å². The third kappa shape index (κ3) is 4.98. The molecule has 29 heavy (non-hydrogen) atoms. The third-order valence-corrected chi connectivity index (χ3v) is 5.83. The van der Waals surface area contributed by atoms with Crippen LogP contribution in [0.25, 0.3) is 0 Å². The van der Waals surface area contributed by atoms with Gasteiger partial charge in [0.15, 0.2) is 11.0 Å². The topological polar surface area (TPSA) is 77.2 Å². The molecule has 0 unspecified atom stereocenters. The van der Waals surface area contributed by atoms with Gasteiger partial charge in [-0.1, -0.05) is 68.1 Å². The molecule has 1 N–H and O–H groups in total. The van der Waals surface area contributed by atoms with E-state index in [0.29, 0.717) is 17.5 Å². The van der Waals surface area contributed by atoms with Crippen LogP contribution in [0, 0.1) is 0 Å². The Bertz CT molecular complexity index is 953. The Kier molecular flexibility index (Phi) is 6.59. The minimum Gasteiger partial charge on any atom is -0.486 e. The average Bonchev–Trinajstić information content (AvgIpc) is 3.13. The maximum Gasteiger partial charge on any atom is 0.313 e. The van der Waals surface area contributed by atoms with Crippen LogP contribution >= 0.6 is 11.8 Å². The molecule has 0 atom stereocenters. The fraction of sp³-hybridized carbons (Fsp3) is 0.318. The second-order valence-corrected chi connectivity index (χ2v) is 8.07. The van der Waals surface area contributed by atoms with E-state index in [2.05, 4.69) is 60.4 Å². The number of hydrogen-bond donors (Lipinski definition) is 1. The summed E-state index contributed by atoms with van der Waals surface area (Å²) in [5, 5.41) is 17.7. The highest BCUT2D eigenvalue weighted by molar-refractivity contribution is 7.99. The Balaban J connectivity index is 1.67. The van der Waals surface area contributed by atoms with Crippen LogP contribution in [0.4, 0.5) is 0 Å². The van der Waals surface area contributed by atoms with Crippen molar-refractivity contribution < 1.29 is 14.6 Å². The van der Waals surface area contributed by atoms with Crippen molar-refractivity contribution in [1.82, 2.24) is 14.8 Å². The molecule has 0 aliphatic rings. The first-order valence-electron chi connectivity index (χ1n) is 9.47. The highest BCUT2D eigenvalue weighted by Crippen LogP contribution is 2.32. The number of thioether (sulfide) groups is 1. The normalized spacial score (nSPS) is 11.4. The molecule has 7 heteroatoms. The molecule has 0 amide bonds. The van der Waals surface area contributed by atoms with Gasteiger partial charge < -0.3 is 14.4 Å². The molecule has 0 saturated heterocycles. The minimum absolute atomic E-state index is 0.0440. The summed E-state index contributed by atoms with van der Waals surface area (Å²) >= 11 is 1.16. The lowest BCUT2D eigenvalue weighted by Gasteiger charge is -2.26. The van der Waals surface area contributed by atoms with Gasteiger partial charge in [-0.2, -0.15) is 0 Å². The van der Waals surface area contributed by atoms with Crippen molar-refractivity contribution in [3.8, 4) is 5.75 Å². The van der Waals surface area contributed by atoms with Gasteiger partial charge in [0.25, 0.3) is 0 Å². The Morgan fingerprint density at radius 3 is 2.34 bits per heavy atom. The monoisotopic (exact) mass is 411 g/mol. The van der Waals surface area contributed by atoms with Crippen molar-refractivity contribution >= 4 is 17.7 Å². The zero-order valence-corrected chi connectivity index (χ0v) is 17.6. The SMILES string of the molecule is CCn1c(COc2ccc(C(C)(C)c3ccccc3)cc2)nnc1SCC(=O)O. The molecule has 1 aromatic heterocycles. The summed E-state index contributed by atoms with van der Waals surface area (Å²) in [5.41, 5.74) is 2.37. The van der Waals surface area contributed by atoms with Crippen molar-refractivity contribution in [2.75, 3.05) is 5.75 Å². The van der Waals surface area contributed by atoms with Gasteiger partial charge in [-0.25, -0.2) is 0 Å². The molecule has 0 radical (unpaired) electrons. The van der Waals surface area contributed by atoms with E-state index in [1.807, 2.05) is 29.7 Å². The lowest BCUT2D eigenvalue weighted by atomic mass is 9.78. The van der Waals surface area contributed by atoms with Gasteiger partial charge in [0.2, 0.25) is 0 Å². The molecule has 3 aromatic rings. The molecule has 2 aromatic carbocycles. The molecule has 3 rings (SSSR count). The summed E-state index contributed by atoms with van der Waals surface area (Å²) in [6.07, 6.45) is 0. The number of carboxylic acids is 1. The van der Waals surface area contributed by atoms with Crippen LogP contribution in [0.2, 0.25) is 0 Å². The zero-order valence-electron chi connectivity index (χ0n) is 16.8. The number of benzene rings is 2. The molecular weight excluding hydrogens is 386 g/mol. The van der Waals surface area contributed by atoms with Crippen molar-refractivity contribution in [1.29, 1.82) is 0 Å². The summed E-state index contributed by atoms with van der Waals surface area (Å²) in [7, 11) is 0. The molecular formula is C22H25N3O3S. The van der Waals surface area contributed by atoms with Gasteiger partial charge in [0, 0.05) is 12.0 Å². The summed E-state index contributed by atoms with van der Waals surface area (Å²) in [6, 6.07) is 18.5. The highest BCUT2D eigenvalue weighted by Gasteiger charge is 2.22. The summed E-state index contributed by atoms with van der Waals surface area (Å²) in [5.74, 6) is 0.506. The van der Waals surface area contributed by atoms with Gasteiger partial charge in [0.1, 0.15) is 12.4 Å². The second-order valence-electron chi connectivity index (χ2n) is 7.13. The number of carboxylic acid groups (broad SMARTS) is 1. The second kappa shape index (κ2) is 9.13. The molecule has 0 fully saturated rings. The predicted octanol–water partition coefficient (Wildman–Crippen LogP) is 4.38. The Morgan fingerprint density at radius 2 is 1.72 bits per heavy atom. The van der Waals surface area contributed by atoms with Gasteiger partial charge in [0.05, 0.1) is 5.75 Å². The lowest BCUT2D eigenvalue weighted by molar-refractivity contribution is -0.133. The van der Waals surface area contributed by atoms with E-state index in [4.69, 9.17) is 9.84 Å². The van der Waals surface area contributed by atoms with E-state index in [9.17, 15) is 4.79 Å². The van der Waals surface area contributed by atoms with Crippen LogP contribution in [0.5, 0.6) is 5.75 Å². The Hall–Kier alpha value is -2.80. The zero-order chi connectivity index (χ0) is 20.9. The maximum atomic E-state index is 10.8. The molecule has 0 aliphatic carbocycles. The Labute approximate surface area is 174 Å². The number of aromatic nitrogens is 3. The van der Waals surface area contributed by atoms with Crippen LogP contribution in [-0.4, -0.2) is 31.6 Å². The van der Waals surface area contributed by atoms with Crippen molar-refractivity contribution in [3.63, 3.8) is 0 Å². The molecule has 0 aliphatic heterocycles. The maximum absolute atomic E-state index is 10.8. The Morgan fingerprint density at radius 1 is 1.07 bits per heavy atom. The van der Waals surface area contributed by atoms with E-state index in [1.54, 1.807) is 0 Å². The number of hydrogen-bond acceptors (Lipinski definition) is 5. The van der Waals surface area contributed by atoms with Crippen molar-refractivity contribution in [2.45, 2.75) is 44.5 Å². The molecule has 0 saturated carbocycles. The minimum atomic E-state index is -0.878. The molecule has 1 heterocycles. The standard InChI is InChI=1S/C22H25N3O3S/c1-4-25-19(23-24-21(25)29-15-20(26)27)14-28-18-12-10-17(11-13-18)22(2,3)16-8-6-5-7-9-16/h5-13H,4,14-15H2,1-3H3,(H,26,27). The van der Waals surface area contributed by atoms with Crippen molar-refractivity contribution in [3.05, 3.63) is 71.5 Å². The first kappa shape index (κ1) is 20.9. The van der Waals surface area contributed by atoms with E-state index in [-0.39, 0.29) is 17.8 Å². The van der Waals surface area contributed by atoms with E-state index in [0.717, 1.165) is 17.5 Å². The number of ether oxygens (including phenoxy) is 1. The highest BCUT2D eigenvalue weighted by atomic mass is 32.2. The van der Waals surface area contributed by atoms with Crippen LogP contribution in [0.1, 0.15) is 37.7 Å². The van der Waals surface area contributed by atoms with E-state index in [1.165, 1.54) is 11.1 Å². The summed E-state index contributed by atoms with van der Waals surface area (Å²) < 4.78 is 7.77. The van der Waals surface area contributed by atoms with Gasteiger partial charge in [-0.3, -0.25) is 4.79 Å². The number of rotatable bonds is 9. The fourth-order valence-corrected chi connectivity index (χ4v) is 3.86. The molecule has 152 valence electrons. The summed E-state index contributed by atoms with van der Waals surface area (Å²) in [6.45, 7) is 7.31. The average molecular weight is 412 g/mol. The largest absolute Gasteiger partial charge is 0.486 e. The summed E-state index contributed by atoms with van der Waals surface area (Å²) in [4.78, 5) is 10.8. The van der Waals surface area contributed by atoms with Gasteiger partial charge in [-0.05, 0) is 30.2 Å². The number of carbonyl (C=O) groups is 1. The number of nitrogens with zero attached hydrogens (tertiary/aromatic N) is 3. The fourth-order valence-electron chi connectivity index (χ4n) is 3.11. The first-order valence-corrected chi connectivity index (χ1v) is 10.5. The molecule has 6 nitrogen and oxygen atoms in total. The van der Waals surface area contributed by atoms with Crippen LogP contribution in [0.3, 0.4) is 0 Å². The lowest BCUT2D eigenvalue weighted by Crippen LogP contribution is -2.18. The van der Waals surface area contributed by atoms with Crippen LogP contribution in [-0.2, 0) is 23.4 Å². The van der Waals surface area contributed by atoms with E-state index >= 15 is 0 Å². The predicted molar refractivity (Wildman–Crippen MR) is 113 cm³/mol. The van der Waals surface area contributed by atoms with Crippen LogP contribution < -0.4 is 4.74 Å². The van der Waals surface area contributed by atoms with E-state index < -0.39 is 5.97 Å². The quantitative estimate of drug-likeness (QED) is 0.527. The third-order valence-electron chi connectivity index (χ3n) is 4.87. The molecule has 0 spiro atoms. The number of aliphatic carboxylic acids is 1. The first-order chi connectivity index (χ1) is 13.9. The molecule has 0 bridgehead atoms. The van der Waals surface area contributed by atoms with Crippen molar-refractivity contribution in [2.24, 2.45) is 0 Å². The smallest absolute Gasteiger partial charge is 0.313 e.